The van der Waals surface area contributed by atoms with Gasteiger partial charge in [-0.2, -0.15) is 9.82 Å². The van der Waals surface area contributed by atoms with Gasteiger partial charge in [0.15, 0.2) is 0 Å². The van der Waals surface area contributed by atoms with Gasteiger partial charge in [0.25, 0.3) is 5.91 Å². The van der Waals surface area contributed by atoms with Crippen molar-refractivity contribution in [2.24, 2.45) is 11.0 Å². The molecule has 0 radical (unpaired) electrons. The standard InChI is InChI=1S/C25H27N3O6S/c1-17(2)15-22(28-35(31,32)21-12-6-18(3)7-13-21)24(29)27-26-16-19-8-10-20(11-9-19)34-25(30)23-5-4-14-33-23/h4-14,16-17,22,28H,15H2,1-3H3,(H,27,29)/b26-16-/t22-/m1/s1. The summed E-state index contributed by atoms with van der Waals surface area (Å²) in [5, 5.41) is 3.93. The van der Waals surface area contributed by atoms with Crippen LogP contribution in [0.25, 0.3) is 0 Å². The summed E-state index contributed by atoms with van der Waals surface area (Å²) in [5.41, 5.74) is 3.95. The van der Waals surface area contributed by atoms with Crippen LogP contribution < -0.4 is 14.9 Å². The number of hydrogen-bond acceptors (Lipinski definition) is 7. The lowest BCUT2D eigenvalue weighted by Gasteiger charge is -2.19. The molecule has 1 amide bonds. The second kappa shape index (κ2) is 11.6. The number of benzene rings is 2. The molecule has 2 aromatic carbocycles. The molecule has 0 saturated carbocycles. The van der Waals surface area contributed by atoms with Gasteiger partial charge in [0, 0.05) is 0 Å². The molecule has 1 heterocycles. The molecule has 184 valence electrons. The quantitative estimate of drug-likeness (QED) is 0.191. The Morgan fingerprint density at radius 2 is 1.74 bits per heavy atom. The Hall–Kier alpha value is -3.76. The molecule has 3 rings (SSSR count). The number of rotatable bonds is 10. The summed E-state index contributed by atoms with van der Waals surface area (Å²) >= 11 is 0. The SMILES string of the molecule is Cc1ccc(S(=O)(=O)N[C@H](CC(C)C)C(=O)N/N=C\c2ccc(OC(=O)c3ccco3)cc2)cc1. The van der Waals surface area contributed by atoms with Crippen molar-refractivity contribution in [3.63, 3.8) is 0 Å². The minimum absolute atomic E-state index is 0.0619. The highest BCUT2D eigenvalue weighted by molar-refractivity contribution is 7.89. The van der Waals surface area contributed by atoms with Gasteiger partial charge in [0.2, 0.25) is 15.8 Å². The fourth-order valence-electron chi connectivity index (χ4n) is 3.08. The zero-order valence-electron chi connectivity index (χ0n) is 19.6. The number of amides is 1. The zero-order valence-corrected chi connectivity index (χ0v) is 20.4. The predicted molar refractivity (Wildman–Crippen MR) is 131 cm³/mol. The Kier molecular flexibility index (Phi) is 8.56. The predicted octanol–water partition coefficient (Wildman–Crippen LogP) is 3.65. The van der Waals surface area contributed by atoms with Crippen molar-refractivity contribution in [1.29, 1.82) is 0 Å². The van der Waals surface area contributed by atoms with Crippen molar-refractivity contribution >= 4 is 28.1 Å². The van der Waals surface area contributed by atoms with E-state index >= 15 is 0 Å². The summed E-state index contributed by atoms with van der Waals surface area (Å²) in [4.78, 5) is 24.7. The largest absolute Gasteiger partial charge is 0.457 e. The second-order valence-corrected chi connectivity index (χ2v) is 10.0. The number of esters is 1. The fourth-order valence-corrected chi connectivity index (χ4v) is 4.28. The number of nitrogens with one attached hydrogen (secondary N) is 2. The van der Waals surface area contributed by atoms with Gasteiger partial charge in [-0.05, 0) is 73.4 Å². The number of nitrogens with zero attached hydrogens (tertiary/aromatic N) is 1. The number of sulfonamides is 1. The third kappa shape index (κ3) is 7.62. The summed E-state index contributed by atoms with van der Waals surface area (Å²) < 4.78 is 38.2. The van der Waals surface area contributed by atoms with Crippen molar-refractivity contribution in [2.75, 3.05) is 0 Å². The van der Waals surface area contributed by atoms with Crippen molar-refractivity contribution < 1.29 is 27.2 Å². The smallest absolute Gasteiger partial charge is 0.379 e. The maximum atomic E-state index is 12.7. The molecule has 0 spiro atoms. The summed E-state index contributed by atoms with van der Waals surface area (Å²) in [6.45, 7) is 5.64. The number of ether oxygens (including phenoxy) is 1. The van der Waals surface area contributed by atoms with E-state index in [4.69, 9.17) is 9.15 Å². The third-order valence-corrected chi connectivity index (χ3v) is 6.34. The van der Waals surface area contributed by atoms with E-state index in [9.17, 15) is 18.0 Å². The molecule has 1 aromatic heterocycles. The Morgan fingerprint density at radius 1 is 1.06 bits per heavy atom. The van der Waals surface area contributed by atoms with E-state index in [0.29, 0.717) is 17.7 Å². The lowest BCUT2D eigenvalue weighted by Crippen LogP contribution is -2.46. The van der Waals surface area contributed by atoms with Gasteiger partial charge in [-0.15, -0.1) is 0 Å². The first-order valence-corrected chi connectivity index (χ1v) is 12.4. The van der Waals surface area contributed by atoms with Crippen LogP contribution in [0.2, 0.25) is 0 Å². The maximum Gasteiger partial charge on any atom is 0.379 e. The molecule has 35 heavy (non-hydrogen) atoms. The van der Waals surface area contributed by atoms with Gasteiger partial charge in [-0.3, -0.25) is 4.79 Å². The van der Waals surface area contributed by atoms with Crippen molar-refractivity contribution in [2.45, 2.75) is 38.1 Å². The highest BCUT2D eigenvalue weighted by atomic mass is 32.2. The second-order valence-electron chi connectivity index (χ2n) is 8.29. The first-order valence-electron chi connectivity index (χ1n) is 10.9. The number of hydrogen-bond donors (Lipinski definition) is 2. The number of carbonyl (C=O) groups excluding carboxylic acids is 2. The van der Waals surface area contributed by atoms with Crippen molar-refractivity contribution in [1.82, 2.24) is 10.1 Å². The molecule has 0 unspecified atom stereocenters. The highest BCUT2D eigenvalue weighted by Gasteiger charge is 2.26. The van der Waals surface area contributed by atoms with E-state index in [1.165, 1.54) is 30.7 Å². The Morgan fingerprint density at radius 3 is 2.34 bits per heavy atom. The van der Waals surface area contributed by atoms with Gasteiger partial charge >= 0.3 is 5.97 Å². The monoisotopic (exact) mass is 497 g/mol. The van der Waals surface area contributed by atoms with Crippen LogP contribution in [0.5, 0.6) is 5.75 Å². The molecule has 2 N–H and O–H groups in total. The van der Waals surface area contributed by atoms with Gasteiger partial charge in [-0.25, -0.2) is 18.6 Å². The molecule has 1 atom stereocenters. The number of carbonyl (C=O) groups is 2. The summed E-state index contributed by atoms with van der Waals surface area (Å²) in [7, 11) is -3.89. The van der Waals surface area contributed by atoms with Gasteiger partial charge in [0.1, 0.15) is 11.8 Å². The summed E-state index contributed by atoms with van der Waals surface area (Å²) in [5.74, 6) is -0.725. The van der Waals surface area contributed by atoms with Crippen LogP contribution in [0, 0.1) is 12.8 Å². The third-order valence-electron chi connectivity index (χ3n) is 4.85. The highest BCUT2D eigenvalue weighted by Crippen LogP contribution is 2.15. The molecule has 0 fully saturated rings. The van der Waals surface area contributed by atoms with E-state index in [0.717, 1.165) is 5.56 Å². The van der Waals surface area contributed by atoms with E-state index in [-0.39, 0.29) is 16.6 Å². The zero-order chi connectivity index (χ0) is 25.4. The van der Waals surface area contributed by atoms with Crippen LogP contribution in [0.1, 0.15) is 41.9 Å². The Labute approximate surface area is 204 Å². The molecule has 0 aliphatic carbocycles. The topological polar surface area (TPSA) is 127 Å². The molecule has 0 bridgehead atoms. The molecular formula is C25H27N3O6S. The first kappa shape index (κ1) is 25.9. The number of hydrazone groups is 1. The van der Waals surface area contributed by atoms with E-state index < -0.39 is 27.9 Å². The molecule has 10 heteroatoms. The lowest BCUT2D eigenvalue weighted by atomic mass is 10.0. The van der Waals surface area contributed by atoms with Crippen LogP contribution in [-0.2, 0) is 14.8 Å². The van der Waals surface area contributed by atoms with Crippen LogP contribution in [-0.4, -0.2) is 32.6 Å². The van der Waals surface area contributed by atoms with Crippen LogP contribution >= 0.6 is 0 Å². The number of furan rings is 1. The number of aryl methyl sites for hydroxylation is 1. The molecule has 0 aliphatic heterocycles. The van der Waals surface area contributed by atoms with E-state index in [2.05, 4.69) is 15.2 Å². The maximum absolute atomic E-state index is 12.7. The molecule has 9 nitrogen and oxygen atoms in total. The van der Waals surface area contributed by atoms with Crippen LogP contribution in [0.15, 0.2) is 81.3 Å². The van der Waals surface area contributed by atoms with Gasteiger partial charge < -0.3 is 9.15 Å². The molecule has 0 aliphatic rings. The summed E-state index contributed by atoms with van der Waals surface area (Å²) in [6.07, 6.45) is 3.07. The summed E-state index contributed by atoms with van der Waals surface area (Å²) in [6, 6.07) is 14.9. The van der Waals surface area contributed by atoms with Crippen LogP contribution in [0.3, 0.4) is 0 Å². The van der Waals surface area contributed by atoms with Gasteiger partial charge in [0.05, 0.1) is 17.4 Å². The van der Waals surface area contributed by atoms with Crippen LogP contribution in [0.4, 0.5) is 0 Å². The van der Waals surface area contributed by atoms with Crippen molar-refractivity contribution in [3.8, 4) is 5.75 Å². The first-order chi connectivity index (χ1) is 16.6. The lowest BCUT2D eigenvalue weighted by molar-refractivity contribution is -0.123. The minimum Gasteiger partial charge on any atom is -0.457 e. The normalized spacial score (nSPS) is 12.6. The Bertz CT molecular complexity index is 1270. The minimum atomic E-state index is -3.89. The fraction of sp³-hybridized carbons (Fsp3) is 0.240. The van der Waals surface area contributed by atoms with E-state index in [1.54, 1.807) is 42.5 Å². The average molecular weight is 498 g/mol. The van der Waals surface area contributed by atoms with E-state index in [1.807, 2.05) is 20.8 Å². The average Bonchev–Trinajstić information content (AvgIpc) is 3.35. The van der Waals surface area contributed by atoms with Crippen molar-refractivity contribution in [3.05, 3.63) is 83.8 Å². The molecule has 3 aromatic rings. The molecular weight excluding hydrogens is 470 g/mol. The Balaban J connectivity index is 1.61. The molecule has 0 saturated heterocycles. The van der Waals surface area contributed by atoms with Gasteiger partial charge in [-0.1, -0.05) is 31.5 Å².